The molecule has 2 heterocycles. The first kappa shape index (κ1) is 22.0. The van der Waals surface area contributed by atoms with E-state index in [-0.39, 0.29) is 17.9 Å². The van der Waals surface area contributed by atoms with Crippen molar-refractivity contribution in [2.75, 3.05) is 59.2 Å². The molecule has 6 heteroatoms. The van der Waals surface area contributed by atoms with Crippen molar-refractivity contribution in [2.45, 2.75) is 19.0 Å². The molecule has 0 bridgehead atoms. The maximum Gasteiger partial charge on any atom is 0.181 e. The number of hydrogen-bond donors (Lipinski definition) is 0. The van der Waals surface area contributed by atoms with Gasteiger partial charge in [0.15, 0.2) is 5.78 Å². The third-order valence-corrected chi connectivity index (χ3v) is 6.04. The number of carbonyl (C=O) groups excluding carboxylic acids is 1. The summed E-state index contributed by atoms with van der Waals surface area (Å²) in [4.78, 5) is 18.7. The van der Waals surface area contributed by atoms with Gasteiger partial charge >= 0.3 is 0 Å². The van der Waals surface area contributed by atoms with E-state index in [9.17, 15) is 4.79 Å². The van der Waals surface area contributed by atoms with Crippen LogP contribution in [0.1, 0.15) is 28.9 Å². The molecule has 2 aromatic carbocycles. The summed E-state index contributed by atoms with van der Waals surface area (Å²) in [6.07, 6.45) is 0. The Kier molecular flexibility index (Phi) is 7.70. The molecular formula is C25H32N2O4. The first-order chi connectivity index (χ1) is 15.3. The second-order valence-corrected chi connectivity index (χ2v) is 7.92. The number of rotatable bonds is 8. The van der Waals surface area contributed by atoms with E-state index in [1.807, 2.05) is 37.3 Å². The van der Waals surface area contributed by atoms with Crippen LogP contribution in [-0.4, -0.2) is 80.8 Å². The largest absolute Gasteiger partial charge is 0.494 e. The SMILES string of the molecule is CCOc1ccc(C(=O)C(C(c2ccccc2)N2CCOCC2)N2CCOCC2)cc1. The third kappa shape index (κ3) is 5.33. The zero-order valence-corrected chi connectivity index (χ0v) is 18.2. The summed E-state index contributed by atoms with van der Waals surface area (Å²) in [6, 6.07) is 17.6. The first-order valence-corrected chi connectivity index (χ1v) is 11.2. The molecule has 166 valence electrons. The van der Waals surface area contributed by atoms with Gasteiger partial charge in [-0.25, -0.2) is 0 Å². The molecule has 0 aliphatic carbocycles. The highest BCUT2D eigenvalue weighted by Gasteiger charge is 2.39. The molecule has 2 aromatic rings. The highest BCUT2D eigenvalue weighted by molar-refractivity contribution is 6.00. The Morgan fingerprint density at radius 1 is 0.871 bits per heavy atom. The summed E-state index contributed by atoms with van der Waals surface area (Å²) in [5.74, 6) is 0.931. The van der Waals surface area contributed by atoms with Crippen LogP contribution in [0.4, 0.5) is 0 Å². The average molecular weight is 425 g/mol. The van der Waals surface area contributed by atoms with Crippen LogP contribution in [0.3, 0.4) is 0 Å². The summed E-state index contributed by atoms with van der Waals surface area (Å²) < 4.78 is 16.8. The normalized spacial score (nSPS) is 20.2. The Morgan fingerprint density at radius 3 is 2.03 bits per heavy atom. The summed E-state index contributed by atoms with van der Waals surface area (Å²) in [6.45, 7) is 8.38. The molecule has 0 aromatic heterocycles. The van der Waals surface area contributed by atoms with Gasteiger partial charge in [-0.2, -0.15) is 0 Å². The van der Waals surface area contributed by atoms with E-state index < -0.39 is 0 Å². The number of ether oxygens (including phenoxy) is 3. The molecule has 2 atom stereocenters. The molecule has 31 heavy (non-hydrogen) atoms. The van der Waals surface area contributed by atoms with Crippen LogP contribution in [0.25, 0.3) is 0 Å². The van der Waals surface area contributed by atoms with E-state index in [0.717, 1.165) is 31.9 Å². The molecular weight excluding hydrogens is 392 g/mol. The molecule has 0 amide bonds. The monoisotopic (exact) mass is 424 g/mol. The average Bonchev–Trinajstić information content (AvgIpc) is 2.84. The number of hydrogen-bond acceptors (Lipinski definition) is 6. The zero-order chi connectivity index (χ0) is 21.5. The Hall–Kier alpha value is -2.25. The summed E-state index contributed by atoms with van der Waals surface area (Å²) in [7, 11) is 0. The number of nitrogens with zero attached hydrogens (tertiary/aromatic N) is 2. The maximum atomic E-state index is 14.0. The van der Waals surface area contributed by atoms with Crippen molar-refractivity contribution < 1.29 is 19.0 Å². The molecule has 0 N–H and O–H groups in total. The predicted octanol–water partition coefficient (Wildman–Crippen LogP) is 3.04. The maximum absolute atomic E-state index is 14.0. The molecule has 2 unspecified atom stereocenters. The van der Waals surface area contributed by atoms with Crippen molar-refractivity contribution in [1.29, 1.82) is 0 Å². The van der Waals surface area contributed by atoms with Gasteiger partial charge in [0.1, 0.15) is 5.75 Å². The minimum Gasteiger partial charge on any atom is -0.494 e. The molecule has 2 saturated heterocycles. The zero-order valence-electron chi connectivity index (χ0n) is 18.2. The number of morpholine rings is 2. The number of carbonyl (C=O) groups is 1. The Balaban J connectivity index is 1.71. The molecule has 4 rings (SSSR count). The van der Waals surface area contributed by atoms with Crippen LogP contribution in [0.15, 0.2) is 54.6 Å². The fraction of sp³-hybridized carbons (Fsp3) is 0.480. The van der Waals surface area contributed by atoms with E-state index in [1.165, 1.54) is 5.56 Å². The molecule has 0 radical (unpaired) electrons. The van der Waals surface area contributed by atoms with Crippen molar-refractivity contribution in [1.82, 2.24) is 9.80 Å². The van der Waals surface area contributed by atoms with E-state index in [4.69, 9.17) is 14.2 Å². The van der Waals surface area contributed by atoms with Crippen LogP contribution < -0.4 is 4.74 Å². The van der Waals surface area contributed by atoms with Crippen molar-refractivity contribution in [3.05, 3.63) is 65.7 Å². The van der Waals surface area contributed by atoms with E-state index in [0.29, 0.717) is 38.6 Å². The number of Topliss-reactive ketones (excluding diaryl/α,β-unsaturated/α-hetero) is 1. The predicted molar refractivity (Wildman–Crippen MR) is 120 cm³/mol. The molecule has 2 aliphatic rings. The van der Waals surface area contributed by atoms with Gasteiger partial charge in [-0.1, -0.05) is 30.3 Å². The van der Waals surface area contributed by atoms with Gasteiger partial charge < -0.3 is 14.2 Å². The Labute approximate surface area is 184 Å². The second kappa shape index (κ2) is 10.9. The minimum absolute atomic E-state index is 0.0396. The first-order valence-electron chi connectivity index (χ1n) is 11.2. The van der Waals surface area contributed by atoms with Crippen LogP contribution in [-0.2, 0) is 9.47 Å². The molecule has 0 spiro atoms. The van der Waals surface area contributed by atoms with Gasteiger partial charge in [0.05, 0.1) is 45.1 Å². The molecule has 6 nitrogen and oxygen atoms in total. The standard InChI is InChI=1S/C25H32N2O4/c1-2-31-22-10-8-21(9-11-22)25(28)24(27-14-18-30-19-15-27)23(20-6-4-3-5-7-20)26-12-16-29-17-13-26/h3-11,23-24H,2,12-19H2,1H3. The minimum atomic E-state index is -0.289. The summed E-state index contributed by atoms with van der Waals surface area (Å²) >= 11 is 0. The van der Waals surface area contributed by atoms with Crippen molar-refractivity contribution in [2.24, 2.45) is 0 Å². The van der Waals surface area contributed by atoms with Gasteiger partial charge in [0.2, 0.25) is 0 Å². The highest BCUT2D eigenvalue weighted by atomic mass is 16.5. The topological polar surface area (TPSA) is 51.2 Å². The van der Waals surface area contributed by atoms with Crippen molar-refractivity contribution in [3.8, 4) is 5.75 Å². The lowest BCUT2D eigenvalue weighted by molar-refractivity contribution is -0.0301. The smallest absolute Gasteiger partial charge is 0.181 e. The van der Waals surface area contributed by atoms with Crippen LogP contribution in [0, 0.1) is 0 Å². The number of benzene rings is 2. The fourth-order valence-electron chi connectivity index (χ4n) is 4.52. The van der Waals surface area contributed by atoms with Crippen molar-refractivity contribution >= 4 is 5.78 Å². The third-order valence-electron chi connectivity index (χ3n) is 6.04. The number of ketones is 1. The van der Waals surface area contributed by atoms with Crippen molar-refractivity contribution in [3.63, 3.8) is 0 Å². The fourth-order valence-corrected chi connectivity index (χ4v) is 4.52. The van der Waals surface area contributed by atoms with E-state index >= 15 is 0 Å². The molecule has 2 aliphatic heterocycles. The van der Waals surface area contributed by atoms with Crippen LogP contribution in [0.2, 0.25) is 0 Å². The Morgan fingerprint density at radius 2 is 1.45 bits per heavy atom. The highest BCUT2D eigenvalue weighted by Crippen LogP contribution is 2.31. The van der Waals surface area contributed by atoms with Crippen LogP contribution >= 0.6 is 0 Å². The lowest BCUT2D eigenvalue weighted by atomic mass is 9.89. The van der Waals surface area contributed by atoms with E-state index in [1.54, 1.807) is 0 Å². The van der Waals surface area contributed by atoms with Gasteiger partial charge in [-0.15, -0.1) is 0 Å². The summed E-state index contributed by atoms with van der Waals surface area (Å²) in [5, 5.41) is 0. The molecule has 0 saturated carbocycles. The van der Waals surface area contributed by atoms with Gasteiger partial charge in [-0.05, 0) is 36.8 Å². The lowest BCUT2D eigenvalue weighted by Crippen LogP contribution is -2.55. The van der Waals surface area contributed by atoms with E-state index in [2.05, 4.69) is 34.1 Å². The van der Waals surface area contributed by atoms with Gasteiger partial charge in [0, 0.05) is 31.7 Å². The quantitative estimate of drug-likeness (QED) is 0.607. The second-order valence-electron chi connectivity index (χ2n) is 7.92. The van der Waals surface area contributed by atoms with Gasteiger partial charge in [-0.3, -0.25) is 14.6 Å². The Bertz CT molecular complexity index is 815. The lowest BCUT2D eigenvalue weighted by Gasteiger charge is -2.44. The summed E-state index contributed by atoms with van der Waals surface area (Å²) in [5.41, 5.74) is 1.88. The molecule has 2 fully saturated rings. The van der Waals surface area contributed by atoms with Gasteiger partial charge in [0.25, 0.3) is 0 Å². The van der Waals surface area contributed by atoms with Crippen LogP contribution in [0.5, 0.6) is 5.75 Å².